The maximum atomic E-state index is 13.1. The molecule has 0 saturated carbocycles. The number of carbonyl (C=O) groups excluding carboxylic acids is 3. The van der Waals surface area contributed by atoms with Gasteiger partial charge >= 0.3 is 6.03 Å². The van der Waals surface area contributed by atoms with Gasteiger partial charge in [0.2, 0.25) is 5.91 Å². The molecule has 152 valence electrons. The maximum Gasteiger partial charge on any atom is 0.325 e. The third-order valence-electron chi connectivity index (χ3n) is 5.71. The van der Waals surface area contributed by atoms with Crippen LogP contribution in [0.5, 0.6) is 0 Å². The zero-order chi connectivity index (χ0) is 20.6. The summed E-state index contributed by atoms with van der Waals surface area (Å²) in [5.41, 5.74) is 0.834. The molecule has 0 radical (unpaired) electrons. The zero-order valence-corrected chi connectivity index (χ0v) is 16.5. The topological polar surface area (TPSA) is 94.9 Å². The van der Waals surface area contributed by atoms with Crippen LogP contribution >= 0.6 is 0 Å². The summed E-state index contributed by atoms with van der Waals surface area (Å²) in [7, 11) is 3.77. The second-order valence-corrected chi connectivity index (χ2v) is 7.68. The summed E-state index contributed by atoms with van der Waals surface area (Å²) in [6.07, 6.45) is 2.81. The number of rotatable bonds is 6. The molecule has 2 atom stereocenters. The molecule has 4 amide bonds. The molecule has 1 aliphatic heterocycles. The van der Waals surface area contributed by atoms with Gasteiger partial charge in [-0.05, 0) is 50.2 Å². The Kier molecular flexibility index (Phi) is 4.87. The predicted octanol–water partition coefficient (Wildman–Crippen LogP) is 1.39. The Balaban J connectivity index is 1.43. The highest BCUT2D eigenvalue weighted by Gasteiger charge is 2.55. The van der Waals surface area contributed by atoms with Crippen molar-refractivity contribution in [3.63, 3.8) is 0 Å². The van der Waals surface area contributed by atoms with E-state index in [1.54, 1.807) is 12.3 Å². The molecule has 2 heterocycles. The monoisotopic (exact) mass is 396 g/mol. The number of aryl methyl sites for hydroxylation is 1. The Morgan fingerprint density at radius 3 is 2.79 bits per heavy atom. The Bertz CT molecular complexity index is 940. The van der Waals surface area contributed by atoms with Gasteiger partial charge in [-0.25, -0.2) is 4.79 Å². The number of nitrogens with zero attached hydrogens (tertiary/aromatic N) is 2. The molecule has 2 N–H and O–H groups in total. The average Bonchev–Trinajstić information content (AvgIpc) is 3.39. The lowest BCUT2D eigenvalue weighted by molar-refractivity contribution is -0.135. The van der Waals surface area contributed by atoms with Gasteiger partial charge in [-0.15, -0.1) is 0 Å². The van der Waals surface area contributed by atoms with E-state index in [9.17, 15) is 14.4 Å². The molecule has 2 aromatic rings. The molecule has 1 aromatic carbocycles. The summed E-state index contributed by atoms with van der Waals surface area (Å²) in [4.78, 5) is 41.1. The number of urea groups is 1. The smallest absolute Gasteiger partial charge is 0.325 e. The molecule has 4 rings (SSSR count). The molecular weight excluding hydrogens is 372 g/mol. The van der Waals surface area contributed by atoms with E-state index in [1.165, 1.54) is 0 Å². The molecule has 8 nitrogen and oxygen atoms in total. The number of likely N-dealkylation sites (N-methyl/N-ethyl adjacent to an activating group) is 1. The van der Waals surface area contributed by atoms with Crippen molar-refractivity contribution in [3.8, 4) is 0 Å². The van der Waals surface area contributed by atoms with Gasteiger partial charge in [-0.2, -0.15) is 0 Å². The van der Waals surface area contributed by atoms with Crippen molar-refractivity contribution < 1.29 is 18.8 Å². The average molecular weight is 396 g/mol. The third-order valence-corrected chi connectivity index (χ3v) is 5.71. The second-order valence-electron chi connectivity index (χ2n) is 7.68. The highest BCUT2D eigenvalue weighted by Crippen LogP contribution is 2.41. The van der Waals surface area contributed by atoms with Crippen molar-refractivity contribution in [2.24, 2.45) is 0 Å². The highest BCUT2D eigenvalue weighted by atomic mass is 16.3. The third kappa shape index (κ3) is 3.29. The molecular formula is C21H24N4O4. The standard InChI is InChI=1S/C21H24N4O4/c1-24(2)16(17-8-5-11-29-17)12-22-18(26)13-25-19(27)21(23-20(25)28)10-9-14-6-3-4-7-15(14)21/h3-8,11,16H,9-10,12-13H2,1-2H3,(H,22,26)(H,23,28)/t16-,21+/m1/s1. The van der Waals surface area contributed by atoms with Crippen LogP contribution in [-0.2, 0) is 21.5 Å². The van der Waals surface area contributed by atoms with Gasteiger partial charge in [0.05, 0.1) is 12.3 Å². The molecule has 29 heavy (non-hydrogen) atoms. The van der Waals surface area contributed by atoms with Crippen LogP contribution in [0.4, 0.5) is 4.79 Å². The first kappa shape index (κ1) is 19.2. The van der Waals surface area contributed by atoms with Gasteiger partial charge in [0.25, 0.3) is 5.91 Å². The van der Waals surface area contributed by atoms with E-state index >= 15 is 0 Å². The lowest BCUT2D eigenvalue weighted by Crippen LogP contribution is -2.44. The number of fused-ring (bicyclic) bond motifs is 2. The van der Waals surface area contributed by atoms with E-state index in [4.69, 9.17) is 4.42 Å². The van der Waals surface area contributed by atoms with E-state index in [-0.39, 0.29) is 18.5 Å². The number of benzene rings is 1. The van der Waals surface area contributed by atoms with Crippen molar-refractivity contribution in [1.82, 2.24) is 20.4 Å². The maximum absolute atomic E-state index is 13.1. The van der Waals surface area contributed by atoms with E-state index in [0.29, 0.717) is 13.0 Å². The van der Waals surface area contributed by atoms with Gasteiger partial charge in [-0.3, -0.25) is 19.4 Å². The Hall–Kier alpha value is -3.13. The van der Waals surface area contributed by atoms with Crippen molar-refractivity contribution in [2.45, 2.75) is 24.4 Å². The van der Waals surface area contributed by atoms with Crippen molar-refractivity contribution >= 4 is 17.8 Å². The van der Waals surface area contributed by atoms with Crippen LogP contribution in [0, 0.1) is 0 Å². The summed E-state index contributed by atoms with van der Waals surface area (Å²) in [6, 6.07) is 10.6. The van der Waals surface area contributed by atoms with Crippen molar-refractivity contribution in [2.75, 3.05) is 27.2 Å². The lowest BCUT2D eigenvalue weighted by atomic mass is 9.92. The largest absolute Gasteiger partial charge is 0.468 e. The van der Waals surface area contributed by atoms with E-state index < -0.39 is 17.5 Å². The Morgan fingerprint density at radius 2 is 2.07 bits per heavy atom. The summed E-state index contributed by atoms with van der Waals surface area (Å²) < 4.78 is 5.43. The lowest BCUT2D eigenvalue weighted by Gasteiger charge is -2.23. The fraction of sp³-hybridized carbons (Fsp3) is 0.381. The molecule has 1 fully saturated rings. The second kappa shape index (κ2) is 7.36. The fourth-order valence-corrected chi connectivity index (χ4v) is 4.16. The molecule has 1 spiro atoms. The van der Waals surface area contributed by atoms with E-state index in [2.05, 4.69) is 10.6 Å². The van der Waals surface area contributed by atoms with Crippen molar-refractivity contribution in [3.05, 3.63) is 59.5 Å². The number of furan rings is 1. The van der Waals surface area contributed by atoms with Gasteiger partial charge in [0.1, 0.15) is 17.8 Å². The molecule has 0 bridgehead atoms. The molecule has 1 saturated heterocycles. The van der Waals surface area contributed by atoms with Crippen LogP contribution in [-0.4, -0.2) is 54.8 Å². The first-order chi connectivity index (χ1) is 13.9. The minimum absolute atomic E-state index is 0.148. The number of hydrogen-bond donors (Lipinski definition) is 2. The highest BCUT2D eigenvalue weighted by molar-refractivity contribution is 6.09. The first-order valence-electron chi connectivity index (χ1n) is 9.61. The minimum atomic E-state index is -1.05. The van der Waals surface area contributed by atoms with E-state index in [0.717, 1.165) is 28.2 Å². The Morgan fingerprint density at radius 1 is 1.28 bits per heavy atom. The molecule has 8 heteroatoms. The SMILES string of the molecule is CN(C)[C@H](CNC(=O)CN1C(=O)N[C@]2(CCc3ccccc32)C1=O)c1ccco1. The molecule has 2 aliphatic rings. The van der Waals surface area contributed by atoms with Crippen LogP contribution < -0.4 is 10.6 Å². The predicted molar refractivity (Wildman–Crippen MR) is 105 cm³/mol. The molecule has 0 unspecified atom stereocenters. The van der Waals surface area contributed by atoms with Crippen LogP contribution in [0.25, 0.3) is 0 Å². The van der Waals surface area contributed by atoms with E-state index in [1.807, 2.05) is 49.3 Å². The molecule has 1 aromatic heterocycles. The van der Waals surface area contributed by atoms with Crippen molar-refractivity contribution in [1.29, 1.82) is 0 Å². The summed E-state index contributed by atoms with van der Waals surface area (Å²) in [5, 5.41) is 5.63. The Labute approximate surface area is 168 Å². The van der Waals surface area contributed by atoms with Gasteiger partial charge in [0.15, 0.2) is 0 Å². The normalized spacial score (nSPS) is 21.6. The van der Waals surface area contributed by atoms with Crippen LogP contribution in [0.2, 0.25) is 0 Å². The number of imide groups is 1. The number of nitrogens with one attached hydrogen (secondary N) is 2. The summed E-state index contributed by atoms with van der Waals surface area (Å²) in [5.74, 6) is -0.0279. The quantitative estimate of drug-likeness (QED) is 0.720. The van der Waals surface area contributed by atoms with Gasteiger partial charge < -0.3 is 15.1 Å². The van der Waals surface area contributed by atoms with Gasteiger partial charge in [-0.1, -0.05) is 24.3 Å². The number of amides is 4. The summed E-state index contributed by atoms with van der Waals surface area (Å²) in [6.45, 7) is -0.0101. The number of carbonyl (C=O) groups is 3. The zero-order valence-electron chi connectivity index (χ0n) is 16.5. The fourth-order valence-electron chi connectivity index (χ4n) is 4.16. The minimum Gasteiger partial charge on any atom is -0.468 e. The summed E-state index contributed by atoms with van der Waals surface area (Å²) >= 11 is 0. The molecule has 1 aliphatic carbocycles. The van der Waals surface area contributed by atoms with Gasteiger partial charge in [0, 0.05) is 6.54 Å². The van der Waals surface area contributed by atoms with Crippen LogP contribution in [0.3, 0.4) is 0 Å². The van der Waals surface area contributed by atoms with Crippen LogP contribution in [0.1, 0.15) is 29.3 Å². The van der Waals surface area contributed by atoms with Crippen LogP contribution in [0.15, 0.2) is 47.1 Å². The first-order valence-corrected chi connectivity index (χ1v) is 9.61. The number of hydrogen-bond acceptors (Lipinski definition) is 5.